The molecule has 0 aromatic heterocycles. The number of hydrogen-bond donors (Lipinski definition) is 1. The van der Waals surface area contributed by atoms with Crippen molar-refractivity contribution in [3.8, 4) is 0 Å². The maximum Gasteiger partial charge on any atom is 0.137 e. The first-order valence-corrected chi connectivity index (χ1v) is 7.84. The normalized spacial score (nSPS) is 12.4. The molecule has 0 bridgehead atoms. The van der Waals surface area contributed by atoms with Gasteiger partial charge in [-0.25, -0.2) is 4.39 Å². The van der Waals surface area contributed by atoms with Gasteiger partial charge in [0.1, 0.15) is 5.82 Å². The number of halogens is 3. The third-order valence-corrected chi connectivity index (χ3v) is 4.30. The lowest BCUT2D eigenvalue weighted by atomic mass is 9.99. The van der Waals surface area contributed by atoms with Gasteiger partial charge in [0.2, 0.25) is 0 Å². The molecule has 1 unspecified atom stereocenters. The number of benzene rings is 2. The van der Waals surface area contributed by atoms with E-state index in [-0.39, 0.29) is 11.9 Å². The molecule has 0 radical (unpaired) electrons. The molecule has 0 heterocycles. The molecule has 1 nitrogen and oxygen atoms in total. The minimum atomic E-state index is -0.223. The van der Waals surface area contributed by atoms with E-state index in [1.807, 2.05) is 19.2 Å². The molecule has 0 aliphatic carbocycles. The third-order valence-electron chi connectivity index (χ3n) is 3.02. The molecule has 0 amide bonds. The average Bonchev–Trinajstić information content (AvgIpc) is 2.40. The van der Waals surface area contributed by atoms with Gasteiger partial charge in [0.05, 0.1) is 4.47 Å². The van der Waals surface area contributed by atoms with Gasteiger partial charge in [0.25, 0.3) is 0 Å². The summed E-state index contributed by atoms with van der Waals surface area (Å²) in [6.45, 7) is 0. The fourth-order valence-electron chi connectivity index (χ4n) is 2.01. The second-order valence-corrected chi connectivity index (χ2v) is 6.45. The van der Waals surface area contributed by atoms with Crippen molar-refractivity contribution in [2.24, 2.45) is 0 Å². The number of nitrogens with one attached hydrogen (secondary N) is 1. The topological polar surface area (TPSA) is 12.0 Å². The van der Waals surface area contributed by atoms with Crippen LogP contribution >= 0.6 is 38.5 Å². The zero-order valence-corrected chi connectivity index (χ0v) is 14.2. The van der Waals surface area contributed by atoms with E-state index in [0.717, 1.165) is 12.0 Å². The maximum atomic E-state index is 13.2. The Morgan fingerprint density at radius 3 is 2.68 bits per heavy atom. The Labute approximate surface area is 134 Å². The highest BCUT2D eigenvalue weighted by Gasteiger charge is 2.11. The first-order valence-electron chi connectivity index (χ1n) is 5.97. The molecule has 0 spiro atoms. The monoisotopic (exact) mass is 433 g/mol. The van der Waals surface area contributed by atoms with Crippen LogP contribution in [0.3, 0.4) is 0 Å². The van der Waals surface area contributed by atoms with Crippen LogP contribution in [0.15, 0.2) is 46.9 Å². The molecule has 0 saturated carbocycles. The van der Waals surface area contributed by atoms with Gasteiger partial charge in [-0.15, -0.1) is 0 Å². The van der Waals surface area contributed by atoms with E-state index < -0.39 is 0 Å². The van der Waals surface area contributed by atoms with Gasteiger partial charge in [-0.2, -0.15) is 0 Å². The summed E-state index contributed by atoms with van der Waals surface area (Å²) in [5.41, 5.74) is 2.35. The molecule has 19 heavy (non-hydrogen) atoms. The van der Waals surface area contributed by atoms with Crippen LogP contribution in [0.25, 0.3) is 0 Å². The summed E-state index contributed by atoms with van der Waals surface area (Å²) < 4.78 is 15.0. The summed E-state index contributed by atoms with van der Waals surface area (Å²) in [6, 6.07) is 13.8. The quantitative estimate of drug-likeness (QED) is 0.689. The van der Waals surface area contributed by atoms with Crippen molar-refractivity contribution in [1.29, 1.82) is 0 Å². The van der Waals surface area contributed by atoms with Crippen LogP contribution in [-0.4, -0.2) is 7.05 Å². The fraction of sp³-hybridized carbons (Fsp3) is 0.200. The first-order chi connectivity index (χ1) is 9.10. The highest BCUT2D eigenvalue weighted by Crippen LogP contribution is 2.23. The third kappa shape index (κ3) is 4.00. The molecule has 1 N–H and O–H groups in total. The Hall–Kier alpha value is -0.460. The molecule has 100 valence electrons. The molecule has 1 atom stereocenters. The van der Waals surface area contributed by atoms with Crippen LogP contribution in [0.1, 0.15) is 17.2 Å². The molecular weight excluding hydrogens is 420 g/mol. The summed E-state index contributed by atoms with van der Waals surface area (Å²) >= 11 is 5.54. The van der Waals surface area contributed by atoms with Gasteiger partial charge in [0.15, 0.2) is 0 Å². The van der Waals surface area contributed by atoms with Crippen molar-refractivity contribution >= 4 is 38.5 Å². The molecule has 0 fully saturated rings. The van der Waals surface area contributed by atoms with Crippen LogP contribution in [-0.2, 0) is 6.42 Å². The lowest BCUT2D eigenvalue weighted by molar-refractivity contribution is 0.587. The van der Waals surface area contributed by atoms with E-state index in [0.29, 0.717) is 4.47 Å². The van der Waals surface area contributed by atoms with Gasteiger partial charge in [0, 0.05) is 9.61 Å². The van der Waals surface area contributed by atoms with Crippen LogP contribution in [0.2, 0.25) is 0 Å². The predicted molar refractivity (Wildman–Crippen MR) is 88.8 cm³/mol. The molecule has 2 aromatic rings. The molecule has 4 heteroatoms. The minimum Gasteiger partial charge on any atom is -0.313 e. The molecule has 2 rings (SSSR count). The highest BCUT2D eigenvalue weighted by atomic mass is 127. The molecular formula is C15H14BrFIN. The van der Waals surface area contributed by atoms with Gasteiger partial charge >= 0.3 is 0 Å². The Balaban J connectivity index is 2.21. The van der Waals surface area contributed by atoms with Gasteiger partial charge < -0.3 is 5.32 Å². The lowest BCUT2D eigenvalue weighted by Crippen LogP contribution is -2.19. The Morgan fingerprint density at radius 1 is 1.26 bits per heavy atom. The average molecular weight is 434 g/mol. The number of rotatable bonds is 4. The number of likely N-dealkylation sites (N-methyl/N-ethyl adjacent to an activating group) is 1. The van der Waals surface area contributed by atoms with Gasteiger partial charge in [-0.3, -0.25) is 0 Å². The van der Waals surface area contributed by atoms with Crippen molar-refractivity contribution in [3.63, 3.8) is 0 Å². The molecule has 2 aromatic carbocycles. The van der Waals surface area contributed by atoms with Crippen molar-refractivity contribution in [2.75, 3.05) is 7.05 Å². The van der Waals surface area contributed by atoms with E-state index in [9.17, 15) is 4.39 Å². The van der Waals surface area contributed by atoms with E-state index in [2.05, 4.69) is 68.1 Å². The highest BCUT2D eigenvalue weighted by molar-refractivity contribution is 14.1. The fourth-order valence-corrected chi connectivity index (χ4v) is 3.01. The SMILES string of the molecule is CNC(Cc1ccc(F)c(Br)c1)c1cccc(I)c1. The summed E-state index contributed by atoms with van der Waals surface area (Å²) in [5.74, 6) is -0.223. The van der Waals surface area contributed by atoms with Crippen LogP contribution in [0, 0.1) is 9.39 Å². The van der Waals surface area contributed by atoms with E-state index in [4.69, 9.17) is 0 Å². The molecule has 0 aliphatic rings. The summed E-state index contributed by atoms with van der Waals surface area (Å²) in [5, 5.41) is 3.32. The second kappa shape index (κ2) is 6.81. The van der Waals surface area contributed by atoms with Crippen molar-refractivity contribution in [1.82, 2.24) is 5.32 Å². The predicted octanol–water partition coefficient (Wildman–Crippen LogP) is 4.70. The maximum absolute atomic E-state index is 13.2. The Morgan fingerprint density at radius 2 is 2.05 bits per heavy atom. The Kier molecular flexibility index (Phi) is 5.36. The van der Waals surface area contributed by atoms with E-state index in [1.54, 1.807) is 0 Å². The second-order valence-electron chi connectivity index (χ2n) is 4.35. The molecule has 0 aliphatic heterocycles. The summed E-state index contributed by atoms with van der Waals surface area (Å²) in [4.78, 5) is 0. The lowest BCUT2D eigenvalue weighted by Gasteiger charge is -2.17. The zero-order chi connectivity index (χ0) is 13.8. The van der Waals surface area contributed by atoms with Crippen molar-refractivity contribution < 1.29 is 4.39 Å². The number of hydrogen-bond acceptors (Lipinski definition) is 1. The Bertz CT molecular complexity index is 574. The minimum absolute atomic E-state index is 0.223. The van der Waals surface area contributed by atoms with Crippen LogP contribution in [0.5, 0.6) is 0 Å². The first kappa shape index (κ1) is 14.9. The van der Waals surface area contributed by atoms with Gasteiger partial charge in [-0.1, -0.05) is 18.2 Å². The van der Waals surface area contributed by atoms with E-state index in [1.165, 1.54) is 15.2 Å². The van der Waals surface area contributed by atoms with Crippen LogP contribution in [0.4, 0.5) is 4.39 Å². The van der Waals surface area contributed by atoms with Crippen molar-refractivity contribution in [3.05, 3.63) is 67.5 Å². The summed E-state index contributed by atoms with van der Waals surface area (Å²) in [7, 11) is 1.95. The van der Waals surface area contributed by atoms with Crippen molar-refractivity contribution in [2.45, 2.75) is 12.5 Å². The van der Waals surface area contributed by atoms with E-state index >= 15 is 0 Å². The largest absolute Gasteiger partial charge is 0.313 e. The zero-order valence-electron chi connectivity index (χ0n) is 10.5. The standard InChI is InChI=1S/C15H14BrFIN/c1-19-15(11-3-2-4-12(18)9-11)8-10-5-6-14(17)13(16)7-10/h2-7,9,15,19H,8H2,1H3. The summed E-state index contributed by atoms with van der Waals surface area (Å²) in [6.07, 6.45) is 0.829. The smallest absolute Gasteiger partial charge is 0.137 e. The van der Waals surface area contributed by atoms with Crippen LogP contribution < -0.4 is 5.32 Å². The van der Waals surface area contributed by atoms with Gasteiger partial charge in [-0.05, 0) is 87.4 Å². The molecule has 0 saturated heterocycles.